The van der Waals surface area contributed by atoms with E-state index < -0.39 is 0 Å². The fraction of sp³-hybridized carbons (Fsp3) is 0.800. The molecule has 2 rings (SSSR count). The second-order valence-electron chi connectivity index (χ2n) is 7.50. The lowest BCUT2D eigenvalue weighted by Gasteiger charge is -2.27. The predicted molar refractivity (Wildman–Crippen MR) is 108 cm³/mol. The van der Waals surface area contributed by atoms with E-state index in [0.717, 1.165) is 48.9 Å². The normalized spacial score (nSPS) is 18.7. The molecule has 0 unspecified atom stereocenters. The Bertz CT molecular complexity index is 545. The van der Waals surface area contributed by atoms with Crippen molar-refractivity contribution in [3.63, 3.8) is 0 Å². The highest BCUT2D eigenvalue weighted by molar-refractivity contribution is 5.79. The lowest BCUT2D eigenvalue weighted by Crippen LogP contribution is -2.45. The third-order valence-electron chi connectivity index (χ3n) is 4.95. The number of aryl methyl sites for hydroxylation is 2. The van der Waals surface area contributed by atoms with Gasteiger partial charge in [0.15, 0.2) is 5.96 Å². The van der Waals surface area contributed by atoms with E-state index in [1.165, 1.54) is 25.9 Å². The Morgan fingerprint density at radius 1 is 1.27 bits per heavy atom. The van der Waals surface area contributed by atoms with Gasteiger partial charge in [0, 0.05) is 37.7 Å². The molecule has 2 heterocycles. The Balaban J connectivity index is 1.97. The first kappa shape index (κ1) is 20.7. The number of guanidine groups is 1. The Labute approximate surface area is 158 Å². The van der Waals surface area contributed by atoms with Crippen LogP contribution in [0.15, 0.2) is 9.52 Å². The maximum atomic E-state index is 5.45. The van der Waals surface area contributed by atoms with E-state index in [1.807, 2.05) is 0 Å². The molecule has 0 amide bonds. The molecule has 26 heavy (non-hydrogen) atoms. The van der Waals surface area contributed by atoms with Crippen LogP contribution >= 0.6 is 0 Å². The van der Waals surface area contributed by atoms with Crippen LogP contribution in [-0.2, 0) is 19.4 Å². The highest BCUT2D eigenvalue weighted by Crippen LogP contribution is 2.18. The molecular formula is C20H37N5O. The van der Waals surface area contributed by atoms with E-state index in [2.05, 4.69) is 55.3 Å². The maximum Gasteiger partial charge on any atom is 0.191 e. The van der Waals surface area contributed by atoms with Crippen LogP contribution in [0.3, 0.4) is 0 Å². The molecule has 1 aromatic rings. The monoisotopic (exact) mass is 363 g/mol. The minimum absolute atomic E-state index is 0.606. The maximum absolute atomic E-state index is 5.45. The average Bonchev–Trinajstić information content (AvgIpc) is 3.22. The zero-order valence-electron chi connectivity index (χ0n) is 17.3. The quantitative estimate of drug-likeness (QED) is 0.522. The molecule has 1 saturated heterocycles. The molecule has 1 atom stereocenters. The first-order valence-corrected chi connectivity index (χ1v) is 10.3. The Kier molecular flexibility index (Phi) is 8.42. The molecule has 2 N–H and O–H groups in total. The van der Waals surface area contributed by atoms with Gasteiger partial charge in [-0.3, -0.25) is 4.90 Å². The fourth-order valence-electron chi connectivity index (χ4n) is 3.67. The highest BCUT2D eigenvalue weighted by Gasteiger charge is 2.24. The number of rotatable bonds is 9. The number of hydrogen-bond acceptors (Lipinski definition) is 4. The molecule has 0 bridgehead atoms. The van der Waals surface area contributed by atoms with Gasteiger partial charge in [0.25, 0.3) is 0 Å². The van der Waals surface area contributed by atoms with Gasteiger partial charge in [0.05, 0.1) is 12.2 Å². The third-order valence-corrected chi connectivity index (χ3v) is 4.95. The van der Waals surface area contributed by atoms with Crippen LogP contribution in [0.1, 0.15) is 64.5 Å². The SMILES string of the molecule is CCNC(=NCc1c(CC)noc1CC)NC[C@H]1CCCN1CC(C)C. The lowest BCUT2D eigenvalue weighted by molar-refractivity contribution is 0.226. The first-order valence-electron chi connectivity index (χ1n) is 10.3. The molecule has 1 aliphatic rings. The number of nitrogens with zero attached hydrogens (tertiary/aromatic N) is 3. The summed E-state index contributed by atoms with van der Waals surface area (Å²) in [6.07, 6.45) is 4.30. The van der Waals surface area contributed by atoms with Crippen LogP contribution in [-0.4, -0.2) is 48.2 Å². The molecule has 6 heteroatoms. The van der Waals surface area contributed by atoms with Crippen molar-refractivity contribution in [2.75, 3.05) is 26.2 Å². The van der Waals surface area contributed by atoms with Gasteiger partial charge in [-0.2, -0.15) is 0 Å². The van der Waals surface area contributed by atoms with Gasteiger partial charge in [-0.25, -0.2) is 4.99 Å². The molecule has 0 saturated carbocycles. The van der Waals surface area contributed by atoms with Gasteiger partial charge in [-0.1, -0.05) is 32.9 Å². The van der Waals surface area contributed by atoms with Crippen LogP contribution < -0.4 is 10.6 Å². The molecule has 1 aliphatic heterocycles. The van der Waals surface area contributed by atoms with Gasteiger partial charge < -0.3 is 15.2 Å². The van der Waals surface area contributed by atoms with E-state index >= 15 is 0 Å². The van der Waals surface area contributed by atoms with Crippen LogP contribution in [0.5, 0.6) is 0 Å². The number of aromatic nitrogens is 1. The molecule has 6 nitrogen and oxygen atoms in total. The molecule has 1 aromatic heterocycles. The van der Waals surface area contributed by atoms with Crippen molar-refractivity contribution in [1.29, 1.82) is 0 Å². The van der Waals surface area contributed by atoms with Gasteiger partial charge in [0.1, 0.15) is 5.76 Å². The Morgan fingerprint density at radius 2 is 2.08 bits per heavy atom. The summed E-state index contributed by atoms with van der Waals surface area (Å²) in [7, 11) is 0. The zero-order valence-corrected chi connectivity index (χ0v) is 17.3. The minimum atomic E-state index is 0.606. The Morgan fingerprint density at radius 3 is 2.73 bits per heavy atom. The minimum Gasteiger partial charge on any atom is -0.361 e. The van der Waals surface area contributed by atoms with Crippen molar-refractivity contribution in [2.45, 2.75) is 72.9 Å². The fourth-order valence-corrected chi connectivity index (χ4v) is 3.67. The van der Waals surface area contributed by atoms with Crippen molar-refractivity contribution >= 4 is 5.96 Å². The van der Waals surface area contributed by atoms with Crippen molar-refractivity contribution in [3.05, 3.63) is 17.0 Å². The summed E-state index contributed by atoms with van der Waals surface area (Å²) in [5.41, 5.74) is 2.18. The number of likely N-dealkylation sites (tertiary alicyclic amines) is 1. The third kappa shape index (κ3) is 5.73. The predicted octanol–water partition coefficient (Wildman–Crippen LogP) is 2.97. The topological polar surface area (TPSA) is 65.7 Å². The largest absolute Gasteiger partial charge is 0.361 e. The summed E-state index contributed by atoms with van der Waals surface area (Å²) in [4.78, 5) is 7.41. The second kappa shape index (κ2) is 10.6. The van der Waals surface area contributed by atoms with Gasteiger partial charge >= 0.3 is 0 Å². The van der Waals surface area contributed by atoms with Crippen LogP contribution in [0.2, 0.25) is 0 Å². The average molecular weight is 364 g/mol. The van der Waals surface area contributed by atoms with Crippen molar-refractivity contribution in [3.8, 4) is 0 Å². The molecule has 1 fully saturated rings. The molecular weight excluding hydrogens is 326 g/mol. The summed E-state index contributed by atoms with van der Waals surface area (Å²) in [6.45, 7) is 15.7. The molecule has 0 aromatic carbocycles. The van der Waals surface area contributed by atoms with E-state index in [4.69, 9.17) is 9.52 Å². The number of hydrogen-bond donors (Lipinski definition) is 2. The molecule has 0 spiro atoms. The summed E-state index contributed by atoms with van der Waals surface area (Å²) in [6, 6.07) is 0.606. The van der Waals surface area contributed by atoms with Crippen molar-refractivity contribution in [1.82, 2.24) is 20.7 Å². The smallest absolute Gasteiger partial charge is 0.191 e. The van der Waals surface area contributed by atoms with Crippen molar-refractivity contribution in [2.24, 2.45) is 10.9 Å². The number of aliphatic imine (C=N–C) groups is 1. The van der Waals surface area contributed by atoms with Crippen LogP contribution in [0.25, 0.3) is 0 Å². The summed E-state index contributed by atoms with van der Waals surface area (Å²) in [5.74, 6) is 2.56. The second-order valence-corrected chi connectivity index (χ2v) is 7.50. The highest BCUT2D eigenvalue weighted by atomic mass is 16.5. The number of nitrogens with one attached hydrogen (secondary N) is 2. The van der Waals surface area contributed by atoms with Crippen LogP contribution in [0, 0.1) is 5.92 Å². The first-order chi connectivity index (χ1) is 12.6. The van der Waals surface area contributed by atoms with Crippen LogP contribution in [0.4, 0.5) is 0 Å². The molecule has 0 radical (unpaired) electrons. The molecule has 148 valence electrons. The zero-order chi connectivity index (χ0) is 18.9. The summed E-state index contributed by atoms with van der Waals surface area (Å²) >= 11 is 0. The summed E-state index contributed by atoms with van der Waals surface area (Å²) in [5, 5.41) is 11.1. The van der Waals surface area contributed by atoms with E-state index in [0.29, 0.717) is 18.5 Å². The molecule has 0 aliphatic carbocycles. The van der Waals surface area contributed by atoms with Gasteiger partial charge in [0.2, 0.25) is 0 Å². The van der Waals surface area contributed by atoms with Crippen molar-refractivity contribution < 1.29 is 4.52 Å². The van der Waals surface area contributed by atoms with E-state index in [1.54, 1.807) is 0 Å². The van der Waals surface area contributed by atoms with Gasteiger partial charge in [-0.05, 0) is 38.6 Å². The Hall–Kier alpha value is -1.56. The lowest BCUT2D eigenvalue weighted by atomic mass is 10.1. The van der Waals surface area contributed by atoms with Gasteiger partial charge in [-0.15, -0.1) is 0 Å². The summed E-state index contributed by atoms with van der Waals surface area (Å²) < 4.78 is 5.45. The van der Waals surface area contributed by atoms with E-state index in [-0.39, 0.29) is 0 Å². The standard InChI is InChI=1S/C20H37N5O/c1-6-18-17(19(7-2)26-24-18)13-23-20(21-8-3)22-12-16-10-9-11-25(16)14-15(4)5/h15-16H,6-14H2,1-5H3,(H2,21,22,23)/t16-/m1/s1. The van der Waals surface area contributed by atoms with E-state index in [9.17, 15) is 0 Å².